The summed E-state index contributed by atoms with van der Waals surface area (Å²) in [6.45, 7) is 3.40. The highest BCUT2D eigenvalue weighted by molar-refractivity contribution is 7.99. The molecule has 0 fully saturated rings. The predicted molar refractivity (Wildman–Crippen MR) is 70.4 cm³/mol. The Hall–Kier alpha value is -0.470. The lowest BCUT2D eigenvalue weighted by atomic mass is 10.2. The van der Waals surface area contributed by atoms with Crippen LogP contribution >= 0.6 is 11.8 Å². The zero-order valence-corrected chi connectivity index (χ0v) is 10.5. The third-order valence-electron chi connectivity index (χ3n) is 2.50. The number of nitrogens with one attached hydrogen (secondary N) is 1. The van der Waals surface area contributed by atoms with Crippen LogP contribution in [0.3, 0.4) is 0 Å². The van der Waals surface area contributed by atoms with Crippen LogP contribution in [0, 0.1) is 0 Å². The quantitative estimate of drug-likeness (QED) is 0.761. The molecule has 0 aliphatic rings. The zero-order chi connectivity index (χ0) is 10.9. The first kappa shape index (κ1) is 12.6. The first-order valence-electron chi connectivity index (χ1n) is 5.67. The standard InChI is InChI=1S/C13H21NS/c1-3-13(9-10-14-2)15-11-12-7-5-4-6-8-12/h4-8,13-14H,3,9-11H2,1-2H3. The molecule has 1 aromatic rings. The van der Waals surface area contributed by atoms with Crippen LogP contribution in [0.2, 0.25) is 0 Å². The fourth-order valence-electron chi connectivity index (χ4n) is 1.50. The van der Waals surface area contributed by atoms with Crippen LogP contribution in [0.15, 0.2) is 30.3 Å². The summed E-state index contributed by atoms with van der Waals surface area (Å²) in [5, 5.41) is 4.01. The average molecular weight is 223 g/mol. The summed E-state index contributed by atoms with van der Waals surface area (Å²) >= 11 is 2.07. The molecule has 0 heterocycles. The first-order chi connectivity index (χ1) is 7.36. The molecular formula is C13H21NS. The Bertz CT molecular complexity index is 248. The maximum atomic E-state index is 3.22. The lowest BCUT2D eigenvalue weighted by Gasteiger charge is -2.13. The number of rotatable bonds is 7. The van der Waals surface area contributed by atoms with Crippen molar-refractivity contribution < 1.29 is 0 Å². The van der Waals surface area contributed by atoms with Crippen molar-refractivity contribution >= 4 is 11.8 Å². The van der Waals surface area contributed by atoms with E-state index in [9.17, 15) is 0 Å². The van der Waals surface area contributed by atoms with Crippen molar-refractivity contribution in [2.75, 3.05) is 13.6 Å². The third-order valence-corrected chi connectivity index (χ3v) is 4.04. The summed E-state index contributed by atoms with van der Waals surface area (Å²) < 4.78 is 0. The summed E-state index contributed by atoms with van der Waals surface area (Å²) in [5.41, 5.74) is 1.44. The molecule has 0 saturated heterocycles. The Balaban J connectivity index is 2.28. The van der Waals surface area contributed by atoms with Crippen molar-refractivity contribution in [3.63, 3.8) is 0 Å². The molecule has 1 atom stereocenters. The average Bonchev–Trinajstić information content (AvgIpc) is 2.31. The highest BCUT2D eigenvalue weighted by Gasteiger charge is 2.05. The molecule has 0 aliphatic carbocycles. The maximum absolute atomic E-state index is 3.22. The van der Waals surface area contributed by atoms with Crippen LogP contribution < -0.4 is 5.32 Å². The van der Waals surface area contributed by atoms with Gasteiger partial charge in [0.15, 0.2) is 0 Å². The molecule has 0 saturated carbocycles. The van der Waals surface area contributed by atoms with Gasteiger partial charge in [-0.3, -0.25) is 0 Å². The smallest absolute Gasteiger partial charge is 0.0187 e. The van der Waals surface area contributed by atoms with Crippen LogP contribution in [-0.2, 0) is 5.75 Å². The molecule has 0 aliphatic heterocycles. The van der Waals surface area contributed by atoms with Gasteiger partial charge in [-0.1, -0.05) is 37.3 Å². The summed E-state index contributed by atoms with van der Waals surface area (Å²) in [4.78, 5) is 0. The first-order valence-corrected chi connectivity index (χ1v) is 6.71. The van der Waals surface area contributed by atoms with Crippen LogP contribution in [0.1, 0.15) is 25.3 Å². The summed E-state index contributed by atoms with van der Waals surface area (Å²) in [6.07, 6.45) is 2.53. The van der Waals surface area contributed by atoms with E-state index in [1.54, 1.807) is 0 Å². The fourth-order valence-corrected chi connectivity index (χ4v) is 2.64. The largest absolute Gasteiger partial charge is 0.320 e. The van der Waals surface area contributed by atoms with Crippen molar-refractivity contribution in [2.24, 2.45) is 0 Å². The van der Waals surface area contributed by atoms with Crippen molar-refractivity contribution in [3.8, 4) is 0 Å². The van der Waals surface area contributed by atoms with E-state index >= 15 is 0 Å². The van der Waals surface area contributed by atoms with E-state index in [0.717, 1.165) is 17.5 Å². The molecule has 1 nitrogen and oxygen atoms in total. The molecule has 0 aromatic heterocycles. The van der Waals surface area contributed by atoms with Gasteiger partial charge < -0.3 is 5.32 Å². The van der Waals surface area contributed by atoms with E-state index in [1.807, 2.05) is 7.05 Å². The van der Waals surface area contributed by atoms with E-state index in [4.69, 9.17) is 0 Å². The predicted octanol–water partition coefficient (Wildman–Crippen LogP) is 3.31. The van der Waals surface area contributed by atoms with Gasteiger partial charge in [0.05, 0.1) is 0 Å². The van der Waals surface area contributed by atoms with Gasteiger partial charge in [-0.05, 0) is 32.0 Å². The van der Waals surface area contributed by atoms with Gasteiger partial charge in [-0.2, -0.15) is 11.8 Å². The molecule has 1 unspecified atom stereocenters. The van der Waals surface area contributed by atoms with Crippen molar-refractivity contribution in [3.05, 3.63) is 35.9 Å². The molecule has 0 bridgehead atoms. The molecular weight excluding hydrogens is 202 g/mol. The molecule has 1 aromatic carbocycles. The van der Waals surface area contributed by atoms with E-state index in [-0.39, 0.29) is 0 Å². The van der Waals surface area contributed by atoms with E-state index in [2.05, 4.69) is 54.3 Å². The molecule has 15 heavy (non-hydrogen) atoms. The minimum absolute atomic E-state index is 0.789. The number of hydrogen-bond donors (Lipinski definition) is 1. The Morgan fingerprint density at radius 2 is 2.00 bits per heavy atom. The van der Waals surface area contributed by atoms with Gasteiger partial charge in [0.25, 0.3) is 0 Å². The van der Waals surface area contributed by atoms with Gasteiger partial charge >= 0.3 is 0 Å². The lowest BCUT2D eigenvalue weighted by Crippen LogP contribution is -2.14. The SMILES string of the molecule is CCC(CCNC)SCc1ccccc1. The third kappa shape index (κ3) is 5.24. The zero-order valence-electron chi connectivity index (χ0n) is 9.70. The Morgan fingerprint density at radius 1 is 1.27 bits per heavy atom. The van der Waals surface area contributed by atoms with Crippen LogP contribution in [0.25, 0.3) is 0 Å². The van der Waals surface area contributed by atoms with E-state index in [0.29, 0.717) is 0 Å². The van der Waals surface area contributed by atoms with Gasteiger partial charge in [0.1, 0.15) is 0 Å². The second-order valence-electron chi connectivity index (χ2n) is 3.72. The Kier molecular flexibility index (Phi) is 6.53. The van der Waals surface area contributed by atoms with E-state index < -0.39 is 0 Å². The molecule has 1 rings (SSSR count). The van der Waals surface area contributed by atoms with Gasteiger partial charge in [-0.25, -0.2) is 0 Å². The molecule has 2 heteroatoms. The van der Waals surface area contributed by atoms with Gasteiger partial charge in [0.2, 0.25) is 0 Å². The minimum Gasteiger partial charge on any atom is -0.320 e. The minimum atomic E-state index is 0.789. The second-order valence-corrected chi connectivity index (χ2v) is 5.01. The van der Waals surface area contributed by atoms with Gasteiger partial charge in [0, 0.05) is 11.0 Å². The summed E-state index contributed by atoms with van der Waals surface area (Å²) in [6, 6.07) is 10.7. The van der Waals surface area contributed by atoms with Crippen LogP contribution in [-0.4, -0.2) is 18.8 Å². The molecule has 1 N–H and O–H groups in total. The molecule has 0 radical (unpaired) electrons. The van der Waals surface area contributed by atoms with Crippen LogP contribution in [0.4, 0.5) is 0 Å². The van der Waals surface area contributed by atoms with Crippen molar-refractivity contribution in [2.45, 2.75) is 30.8 Å². The highest BCUT2D eigenvalue weighted by atomic mass is 32.2. The number of hydrogen-bond acceptors (Lipinski definition) is 2. The second kappa shape index (κ2) is 7.77. The molecule has 84 valence electrons. The normalized spacial score (nSPS) is 12.7. The number of thioether (sulfide) groups is 1. The fraction of sp³-hybridized carbons (Fsp3) is 0.538. The van der Waals surface area contributed by atoms with Crippen molar-refractivity contribution in [1.29, 1.82) is 0 Å². The van der Waals surface area contributed by atoms with Crippen molar-refractivity contribution in [1.82, 2.24) is 5.32 Å². The number of benzene rings is 1. The van der Waals surface area contributed by atoms with Crippen LogP contribution in [0.5, 0.6) is 0 Å². The maximum Gasteiger partial charge on any atom is 0.0187 e. The Morgan fingerprint density at radius 3 is 2.60 bits per heavy atom. The highest BCUT2D eigenvalue weighted by Crippen LogP contribution is 2.22. The Labute approximate surface area is 97.7 Å². The summed E-state index contributed by atoms with van der Waals surface area (Å²) in [7, 11) is 2.02. The molecule has 0 spiro atoms. The topological polar surface area (TPSA) is 12.0 Å². The molecule has 0 amide bonds. The van der Waals surface area contributed by atoms with E-state index in [1.165, 1.54) is 18.4 Å². The lowest BCUT2D eigenvalue weighted by molar-refractivity contribution is 0.680. The van der Waals surface area contributed by atoms with Gasteiger partial charge in [-0.15, -0.1) is 0 Å². The summed E-state index contributed by atoms with van der Waals surface area (Å²) in [5.74, 6) is 1.14. The monoisotopic (exact) mass is 223 g/mol.